The lowest BCUT2D eigenvalue weighted by atomic mass is 10.0. The van der Waals surface area contributed by atoms with Gasteiger partial charge in [-0.2, -0.15) is 9.97 Å². The van der Waals surface area contributed by atoms with Crippen LogP contribution in [0.15, 0.2) is 30.3 Å². The van der Waals surface area contributed by atoms with Gasteiger partial charge in [-0.3, -0.25) is 14.2 Å². The number of benzene rings is 1. The number of aromatic nitrogens is 4. The van der Waals surface area contributed by atoms with Crippen molar-refractivity contribution in [2.45, 2.75) is 44.2 Å². The van der Waals surface area contributed by atoms with Crippen molar-refractivity contribution < 1.29 is 23.1 Å². The molecule has 3 saturated heterocycles. The second-order valence-electron chi connectivity index (χ2n) is 10.0. The Balaban J connectivity index is 1.29. The first-order chi connectivity index (χ1) is 19.0. The van der Waals surface area contributed by atoms with Crippen molar-refractivity contribution in [3.63, 3.8) is 0 Å². The van der Waals surface area contributed by atoms with Crippen molar-refractivity contribution in [1.82, 2.24) is 29.7 Å². The fourth-order valence-electron chi connectivity index (χ4n) is 5.45. The summed E-state index contributed by atoms with van der Waals surface area (Å²) in [6.07, 6.45) is -0.313. The summed E-state index contributed by atoms with van der Waals surface area (Å²) >= 11 is 0. The number of amides is 2. The molecule has 1 unspecified atom stereocenters. The third-order valence-electron chi connectivity index (χ3n) is 7.39. The average Bonchev–Trinajstić information content (AvgIpc) is 3.58. The normalized spacial score (nSPS) is 22.0. The van der Waals surface area contributed by atoms with E-state index in [0.717, 1.165) is 0 Å². The quantitative estimate of drug-likeness (QED) is 0.489. The predicted molar refractivity (Wildman–Crippen MR) is 139 cm³/mol. The number of nitrogens with one attached hydrogen (secondary N) is 2. The van der Waals surface area contributed by atoms with Gasteiger partial charge in [0.1, 0.15) is 17.7 Å². The third kappa shape index (κ3) is 5.22. The summed E-state index contributed by atoms with van der Waals surface area (Å²) in [6, 6.07) is 8.04. The van der Waals surface area contributed by atoms with Gasteiger partial charge in [-0.05, 0) is 31.4 Å². The molecule has 5 heterocycles. The zero-order valence-corrected chi connectivity index (χ0v) is 21.4. The summed E-state index contributed by atoms with van der Waals surface area (Å²) in [5.74, 6) is 0.621. The van der Waals surface area contributed by atoms with E-state index in [9.17, 15) is 18.4 Å². The summed E-state index contributed by atoms with van der Waals surface area (Å²) in [4.78, 5) is 42.1. The van der Waals surface area contributed by atoms with Gasteiger partial charge in [-0.1, -0.05) is 12.1 Å². The van der Waals surface area contributed by atoms with Crippen molar-refractivity contribution in [2.75, 3.05) is 49.6 Å². The number of para-hydroxylation sites is 2. The molecular weight excluding hydrogens is 510 g/mol. The van der Waals surface area contributed by atoms with Crippen molar-refractivity contribution in [3.05, 3.63) is 36.2 Å². The Morgan fingerprint density at radius 3 is 2.72 bits per heavy atom. The molecule has 3 aliphatic heterocycles. The fraction of sp³-hybridized carbons (Fsp3) is 0.500. The molecule has 6 rings (SSSR count). The smallest absolute Gasteiger partial charge is 0.296 e. The van der Waals surface area contributed by atoms with Crippen molar-refractivity contribution >= 4 is 34.6 Å². The zero-order chi connectivity index (χ0) is 26.9. The summed E-state index contributed by atoms with van der Waals surface area (Å²) in [5, 5.41) is 6.20. The second kappa shape index (κ2) is 10.7. The lowest BCUT2D eigenvalue weighted by Gasteiger charge is -2.28. The molecule has 0 spiro atoms. The minimum absolute atomic E-state index is 0.0730. The van der Waals surface area contributed by atoms with Crippen LogP contribution in [0.5, 0.6) is 0 Å². The molecule has 39 heavy (non-hydrogen) atoms. The van der Waals surface area contributed by atoms with Crippen LogP contribution < -0.4 is 15.5 Å². The number of hydrogen-bond donors (Lipinski definition) is 2. The number of morpholine rings is 1. The fourth-order valence-corrected chi connectivity index (χ4v) is 5.45. The van der Waals surface area contributed by atoms with E-state index in [1.165, 1.54) is 4.57 Å². The standard InChI is InChI=1S/C26H30F2N8O3/c27-23(28)24-31-17-4-1-2-6-19(17)36(24)21-14-20(32-26(33-21)34-10-12-39-13-11-34)29-16-8-9-35(15-16)25(38)18-5-3-7-22(37)30-18/h1-2,4,6,14,16,18,23H,3,5,7-13,15H2,(H,30,37)(H,29,32,33)/t16-,18?/m0/s1. The summed E-state index contributed by atoms with van der Waals surface area (Å²) < 4.78 is 35.0. The minimum atomic E-state index is -2.80. The van der Waals surface area contributed by atoms with Crippen LogP contribution in [0.25, 0.3) is 16.9 Å². The Labute approximate surface area is 223 Å². The Morgan fingerprint density at radius 1 is 1.10 bits per heavy atom. The van der Waals surface area contributed by atoms with Gasteiger partial charge < -0.3 is 25.2 Å². The van der Waals surface area contributed by atoms with Crippen LogP contribution >= 0.6 is 0 Å². The Bertz CT molecular complexity index is 1380. The molecule has 206 valence electrons. The lowest BCUT2D eigenvalue weighted by molar-refractivity contribution is -0.137. The Kier molecular flexibility index (Phi) is 6.98. The SMILES string of the molecule is O=C1CCCC(C(=O)N2CC[C@H](Nc3cc(-n4c(C(F)F)nc5ccccc54)nc(N4CCOCC4)n3)C2)N1. The highest BCUT2D eigenvalue weighted by atomic mass is 19.3. The first-order valence-corrected chi connectivity index (χ1v) is 13.3. The number of hydrogen-bond acceptors (Lipinski definition) is 8. The molecule has 2 aromatic heterocycles. The highest BCUT2D eigenvalue weighted by Crippen LogP contribution is 2.29. The van der Waals surface area contributed by atoms with Crippen LogP contribution in [0.4, 0.5) is 20.5 Å². The molecule has 2 atom stereocenters. The van der Waals surface area contributed by atoms with Crippen LogP contribution in [-0.2, 0) is 14.3 Å². The summed E-state index contributed by atoms with van der Waals surface area (Å²) in [5.41, 5.74) is 0.978. The topological polar surface area (TPSA) is 118 Å². The highest BCUT2D eigenvalue weighted by Gasteiger charge is 2.33. The first kappa shape index (κ1) is 25.4. The second-order valence-corrected chi connectivity index (χ2v) is 10.0. The molecule has 0 bridgehead atoms. The number of ether oxygens (including phenoxy) is 1. The van der Waals surface area contributed by atoms with E-state index < -0.39 is 12.5 Å². The zero-order valence-electron chi connectivity index (χ0n) is 21.4. The maximum absolute atomic E-state index is 14.1. The van der Waals surface area contributed by atoms with Crippen LogP contribution in [0.2, 0.25) is 0 Å². The Hall–Kier alpha value is -3.87. The number of anilines is 2. The van der Waals surface area contributed by atoms with Gasteiger partial charge in [0.15, 0.2) is 5.82 Å². The van der Waals surface area contributed by atoms with Crippen LogP contribution in [0.1, 0.15) is 37.9 Å². The van der Waals surface area contributed by atoms with Crippen LogP contribution in [0.3, 0.4) is 0 Å². The van der Waals surface area contributed by atoms with Crippen LogP contribution in [0, 0.1) is 0 Å². The van der Waals surface area contributed by atoms with Gasteiger partial charge in [-0.15, -0.1) is 0 Å². The number of nitrogens with zero attached hydrogens (tertiary/aromatic N) is 6. The van der Waals surface area contributed by atoms with Crippen molar-refractivity contribution in [2.24, 2.45) is 0 Å². The van der Waals surface area contributed by atoms with Gasteiger partial charge in [0.25, 0.3) is 6.43 Å². The van der Waals surface area contributed by atoms with Crippen molar-refractivity contribution in [3.8, 4) is 5.82 Å². The minimum Gasteiger partial charge on any atom is -0.378 e. The largest absolute Gasteiger partial charge is 0.378 e. The molecule has 11 nitrogen and oxygen atoms in total. The molecule has 2 amide bonds. The average molecular weight is 541 g/mol. The molecule has 3 fully saturated rings. The number of imidazole rings is 1. The highest BCUT2D eigenvalue weighted by molar-refractivity contribution is 5.89. The van der Waals surface area contributed by atoms with E-state index in [2.05, 4.69) is 20.6 Å². The molecule has 0 saturated carbocycles. The van der Waals surface area contributed by atoms with Gasteiger partial charge in [0.05, 0.1) is 24.2 Å². The maximum atomic E-state index is 14.1. The van der Waals surface area contributed by atoms with Crippen molar-refractivity contribution in [1.29, 1.82) is 0 Å². The summed E-state index contributed by atoms with van der Waals surface area (Å²) in [7, 11) is 0. The van der Waals surface area contributed by atoms with Gasteiger partial charge in [0.2, 0.25) is 17.8 Å². The first-order valence-electron chi connectivity index (χ1n) is 13.3. The molecule has 3 aromatic rings. The lowest BCUT2D eigenvalue weighted by Crippen LogP contribution is -2.50. The van der Waals surface area contributed by atoms with E-state index in [4.69, 9.17) is 9.72 Å². The Morgan fingerprint density at radius 2 is 1.92 bits per heavy atom. The number of alkyl halides is 2. The molecule has 2 N–H and O–H groups in total. The number of likely N-dealkylation sites (tertiary alicyclic amines) is 1. The number of piperidine rings is 1. The number of carbonyl (C=O) groups excluding carboxylic acids is 2. The van der Waals surface area contributed by atoms with E-state index in [0.29, 0.717) is 87.9 Å². The van der Waals surface area contributed by atoms with Gasteiger partial charge in [0, 0.05) is 44.7 Å². The number of halogens is 2. The molecular formula is C26H30F2N8O3. The predicted octanol–water partition coefficient (Wildman–Crippen LogP) is 2.27. The van der Waals surface area contributed by atoms with E-state index in [1.807, 2.05) is 4.90 Å². The van der Waals surface area contributed by atoms with E-state index in [1.54, 1.807) is 35.2 Å². The van der Waals surface area contributed by atoms with Gasteiger partial charge >= 0.3 is 0 Å². The maximum Gasteiger partial charge on any atom is 0.296 e. The molecule has 0 aliphatic carbocycles. The van der Waals surface area contributed by atoms with Gasteiger partial charge in [-0.25, -0.2) is 13.8 Å². The molecule has 0 radical (unpaired) electrons. The van der Waals surface area contributed by atoms with E-state index in [-0.39, 0.29) is 29.5 Å². The monoisotopic (exact) mass is 540 g/mol. The third-order valence-corrected chi connectivity index (χ3v) is 7.39. The summed E-state index contributed by atoms with van der Waals surface area (Å²) in [6.45, 7) is 3.20. The number of carbonyl (C=O) groups is 2. The van der Waals surface area contributed by atoms with E-state index >= 15 is 0 Å². The number of rotatable bonds is 6. The number of fused-ring (bicyclic) bond motifs is 1. The molecule has 1 aromatic carbocycles. The van der Waals surface area contributed by atoms with Crippen LogP contribution in [-0.4, -0.2) is 87.7 Å². The molecule has 3 aliphatic rings. The molecule has 13 heteroatoms.